The Labute approximate surface area is 226 Å². The monoisotopic (exact) mass is 501 g/mol. The van der Waals surface area contributed by atoms with Crippen molar-refractivity contribution in [2.24, 2.45) is 0 Å². The average molecular weight is 502 g/mol. The molecule has 0 saturated carbocycles. The van der Waals surface area contributed by atoms with Crippen molar-refractivity contribution in [3.8, 4) is 5.75 Å². The second-order valence-corrected chi connectivity index (χ2v) is 8.55. The highest BCUT2D eigenvalue weighted by molar-refractivity contribution is 5.61. The smallest absolute Gasteiger partial charge is 0.128 e. The van der Waals surface area contributed by atoms with Crippen LogP contribution in [0.3, 0.4) is 0 Å². The highest BCUT2D eigenvalue weighted by atomic mass is 16.5. The molecule has 1 saturated heterocycles. The van der Waals surface area contributed by atoms with E-state index in [1.165, 1.54) is 5.56 Å². The molecule has 1 aliphatic heterocycles. The molecule has 1 aliphatic rings. The van der Waals surface area contributed by atoms with Crippen LogP contribution in [0.25, 0.3) is 5.57 Å². The van der Waals surface area contributed by atoms with Crippen LogP contribution in [-0.2, 0) is 0 Å². The van der Waals surface area contributed by atoms with Crippen molar-refractivity contribution in [3.05, 3.63) is 108 Å². The molecule has 4 heteroatoms. The van der Waals surface area contributed by atoms with Crippen LogP contribution in [-0.4, -0.2) is 37.8 Å². The maximum atomic E-state index is 5.82. The van der Waals surface area contributed by atoms with Crippen LogP contribution in [0, 0.1) is 13.8 Å². The molecule has 1 aromatic heterocycles. The van der Waals surface area contributed by atoms with Gasteiger partial charge in [-0.2, -0.15) is 0 Å². The first-order valence-electron chi connectivity index (χ1n) is 13.3. The number of hydrogen-bond donors (Lipinski definition) is 1. The minimum Gasteiger partial charge on any atom is -0.489 e. The molecule has 0 radical (unpaired) electrons. The molecule has 1 aromatic carbocycles. The number of pyridine rings is 1. The van der Waals surface area contributed by atoms with Gasteiger partial charge in [-0.25, -0.2) is 4.98 Å². The van der Waals surface area contributed by atoms with Gasteiger partial charge < -0.3 is 15.0 Å². The molecule has 0 aliphatic carbocycles. The lowest BCUT2D eigenvalue weighted by Gasteiger charge is -2.28. The number of ether oxygens (including phenoxy) is 1. The largest absolute Gasteiger partial charge is 0.489 e. The zero-order valence-corrected chi connectivity index (χ0v) is 24.1. The molecule has 0 unspecified atom stereocenters. The molecular formula is C33H47N3O. The third-order valence-corrected chi connectivity index (χ3v) is 5.65. The first kappa shape index (κ1) is 31.7. The number of allylic oxidation sites excluding steroid dienone is 7. The van der Waals surface area contributed by atoms with E-state index < -0.39 is 0 Å². The lowest BCUT2D eigenvalue weighted by Crippen LogP contribution is -2.43. The van der Waals surface area contributed by atoms with E-state index in [0.717, 1.165) is 60.1 Å². The van der Waals surface area contributed by atoms with E-state index >= 15 is 0 Å². The first-order valence-corrected chi connectivity index (χ1v) is 13.3. The van der Waals surface area contributed by atoms with Gasteiger partial charge in [-0.3, -0.25) is 0 Å². The van der Waals surface area contributed by atoms with Gasteiger partial charge in [-0.15, -0.1) is 0 Å². The number of nitrogens with zero attached hydrogens (tertiary/aromatic N) is 2. The van der Waals surface area contributed by atoms with Crippen LogP contribution in [0.4, 0.5) is 5.82 Å². The minimum absolute atomic E-state index is 0.546. The zero-order chi connectivity index (χ0) is 27.5. The highest BCUT2D eigenvalue weighted by Gasteiger charge is 2.11. The topological polar surface area (TPSA) is 37.4 Å². The Bertz CT molecular complexity index is 1040. The van der Waals surface area contributed by atoms with Crippen LogP contribution >= 0.6 is 0 Å². The number of piperazine rings is 1. The van der Waals surface area contributed by atoms with E-state index in [9.17, 15) is 0 Å². The van der Waals surface area contributed by atoms with Crippen LogP contribution in [0.1, 0.15) is 51.4 Å². The van der Waals surface area contributed by atoms with Gasteiger partial charge >= 0.3 is 0 Å². The Morgan fingerprint density at radius 2 is 1.62 bits per heavy atom. The third kappa shape index (κ3) is 12.4. The summed E-state index contributed by atoms with van der Waals surface area (Å²) < 4.78 is 5.82. The lowest BCUT2D eigenvalue weighted by molar-refractivity contribution is 0.355. The van der Waals surface area contributed by atoms with Crippen molar-refractivity contribution in [2.45, 2.75) is 48.5 Å². The highest BCUT2D eigenvalue weighted by Crippen LogP contribution is 2.18. The predicted molar refractivity (Wildman–Crippen MR) is 164 cm³/mol. The maximum absolute atomic E-state index is 5.82. The van der Waals surface area contributed by atoms with Crippen molar-refractivity contribution >= 4 is 11.4 Å². The van der Waals surface area contributed by atoms with Crippen molar-refractivity contribution in [1.82, 2.24) is 10.3 Å². The Balaban J connectivity index is 0.000000369. The molecular weight excluding hydrogens is 454 g/mol. The molecule has 1 fully saturated rings. The summed E-state index contributed by atoms with van der Waals surface area (Å²) in [5.41, 5.74) is 5.73. The fraction of sp³-hybridized carbons (Fsp3) is 0.364. The van der Waals surface area contributed by atoms with Gasteiger partial charge in [0.2, 0.25) is 0 Å². The van der Waals surface area contributed by atoms with E-state index in [1.54, 1.807) is 0 Å². The van der Waals surface area contributed by atoms with Gasteiger partial charge in [0.1, 0.15) is 18.2 Å². The second-order valence-electron chi connectivity index (χ2n) is 8.55. The number of aromatic nitrogens is 1. The Hall–Kier alpha value is -3.37. The van der Waals surface area contributed by atoms with Crippen LogP contribution in [0.5, 0.6) is 5.75 Å². The van der Waals surface area contributed by atoms with E-state index in [0.29, 0.717) is 6.61 Å². The number of nitrogens with one attached hydrogen (secondary N) is 1. The molecule has 4 nitrogen and oxygen atoms in total. The average Bonchev–Trinajstić information content (AvgIpc) is 2.93. The fourth-order valence-electron chi connectivity index (χ4n) is 3.35. The standard InChI is InChI=1S/C20H24O.C11H17N3.C2H6/c1-5-7-9-11-18(10-8-6-2)16-21-20-14-12-19(13-15-20)17(3)4;1-9-3-4-11(13-10(9)2)14-7-5-12-6-8-14;1-2/h5-15H,3,16H2,1-2,4H3;3-4,12H,5-8H2,1-2H3;1-2H3/b7-5+,8-6-,11-9-,18-10+;;. The zero-order valence-electron chi connectivity index (χ0n) is 24.1. The van der Waals surface area contributed by atoms with Gasteiger partial charge in [0.25, 0.3) is 0 Å². The summed E-state index contributed by atoms with van der Waals surface area (Å²) in [6.07, 6.45) is 14.2. The van der Waals surface area contributed by atoms with E-state index in [1.807, 2.05) is 89.3 Å². The molecule has 0 atom stereocenters. The van der Waals surface area contributed by atoms with Crippen LogP contribution < -0.4 is 15.0 Å². The summed E-state index contributed by atoms with van der Waals surface area (Å²) in [5, 5.41) is 3.34. The summed E-state index contributed by atoms with van der Waals surface area (Å²) in [7, 11) is 0. The number of rotatable bonds is 8. The quantitative estimate of drug-likeness (QED) is 0.374. The Morgan fingerprint density at radius 3 is 2.19 bits per heavy atom. The molecule has 2 heterocycles. The van der Waals surface area contributed by atoms with Gasteiger partial charge in [0.15, 0.2) is 0 Å². The number of aryl methyl sites for hydroxylation is 2. The third-order valence-electron chi connectivity index (χ3n) is 5.65. The van der Waals surface area contributed by atoms with Gasteiger partial charge in [0.05, 0.1) is 0 Å². The van der Waals surface area contributed by atoms with Crippen molar-refractivity contribution < 1.29 is 4.74 Å². The molecule has 3 rings (SSSR count). The molecule has 2 aromatic rings. The molecule has 0 bridgehead atoms. The molecule has 37 heavy (non-hydrogen) atoms. The summed E-state index contributed by atoms with van der Waals surface area (Å²) in [6, 6.07) is 12.3. The van der Waals surface area contributed by atoms with Crippen LogP contribution in [0.2, 0.25) is 0 Å². The lowest BCUT2D eigenvalue weighted by atomic mass is 10.1. The number of hydrogen-bond acceptors (Lipinski definition) is 4. The van der Waals surface area contributed by atoms with Gasteiger partial charge in [-0.1, -0.05) is 86.7 Å². The maximum Gasteiger partial charge on any atom is 0.128 e. The fourth-order valence-corrected chi connectivity index (χ4v) is 3.35. The first-order chi connectivity index (χ1) is 17.9. The Kier molecular flexibility index (Phi) is 16.1. The minimum atomic E-state index is 0.546. The van der Waals surface area contributed by atoms with Crippen LogP contribution in [0.15, 0.2) is 91.1 Å². The second kappa shape index (κ2) is 18.8. The van der Waals surface area contributed by atoms with Crippen molar-refractivity contribution in [3.63, 3.8) is 0 Å². The Morgan fingerprint density at radius 1 is 0.973 bits per heavy atom. The van der Waals surface area contributed by atoms with Crippen molar-refractivity contribution in [2.75, 3.05) is 37.7 Å². The van der Waals surface area contributed by atoms with E-state index in [2.05, 4.69) is 59.9 Å². The summed E-state index contributed by atoms with van der Waals surface area (Å²) in [4.78, 5) is 6.93. The SMILES string of the molecule is C=C(C)c1ccc(OCC(/C=C\C=C\C)=C/C=C\C)cc1.CC.Cc1ccc(N2CCNCC2)nc1C. The molecule has 0 amide bonds. The van der Waals surface area contributed by atoms with Gasteiger partial charge in [0, 0.05) is 31.9 Å². The molecule has 200 valence electrons. The summed E-state index contributed by atoms with van der Waals surface area (Å²) in [5.74, 6) is 1.99. The summed E-state index contributed by atoms with van der Waals surface area (Å²) in [6.45, 7) is 22.9. The molecule has 1 N–H and O–H groups in total. The van der Waals surface area contributed by atoms with Gasteiger partial charge in [-0.05, 0) is 69.5 Å². The van der Waals surface area contributed by atoms with Crippen molar-refractivity contribution in [1.29, 1.82) is 0 Å². The van der Waals surface area contributed by atoms with E-state index in [-0.39, 0.29) is 0 Å². The molecule has 0 spiro atoms. The van der Waals surface area contributed by atoms with E-state index in [4.69, 9.17) is 4.74 Å². The number of anilines is 1. The number of benzene rings is 1. The normalized spacial score (nSPS) is 13.8. The summed E-state index contributed by atoms with van der Waals surface area (Å²) >= 11 is 0. The predicted octanol–water partition coefficient (Wildman–Crippen LogP) is 7.87.